The van der Waals surface area contributed by atoms with Gasteiger partial charge >= 0.3 is 0 Å². The number of carbonyl (C=O) groups is 1. The zero-order valence-electron chi connectivity index (χ0n) is 15.9. The lowest BCUT2D eigenvalue weighted by Gasteiger charge is -2.57. The van der Waals surface area contributed by atoms with Crippen molar-refractivity contribution in [2.24, 2.45) is 17.6 Å². The minimum Gasteiger partial charge on any atom is -0.380 e. The zero-order valence-corrected chi connectivity index (χ0v) is 16.7. The quantitative estimate of drug-likeness (QED) is 0.846. The highest BCUT2D eigenvalue weighted by Gasteiger charge is 2.54. The van der Waals surface area contributed by atoms with Crippen LogP contribution in [-0.4, -0.2) is 55.2 Å². The summed E-state index contributed by atoms with van der Waals surface area (Å²) < 4.78 is 12.0. The molecule has 6 nitrogen and oxygen atoms in total. The molecule has 3 fully saturated rings. The van der Waals surface area contributed by atoms with E-state index >= 15 is 0 Å². The molecule has 150 valence electrons. The third kappa shape index (κ3) is 3.60. The number of likely N-dealkylation sites (tertiary alicyclic amines) is 1. The summed E-state index contributed by atoms with van der Waals surface area (Å²) in [6, 6.07) is 4.37. The van der Waals surface area contributed by atoms with Crippen LogP contribution in [0.15, 0.2) is 18.3 Å². The highest BCUT2D eigenvalue weighted by atomic mass is 35.5. The van der Waals surface area contributed by atoms with Gasteiger partial charge in [0.25, 0.3) is 5.91 Å². The minimum absolute atomic E-state index is 0. The predicted molar refractivity (Wildman–Crippen MR) is 105 cm³/mol. The fourth-order valence-corrected chi connectivity index (χ4v) is 5.51. The Morgan fingerprint density at radius 3 is 2.63 bits per heavy atom. The Hall–Kier alpha value is -1.21. The molecule has 3 heterocycles. The number of hydrogen-bond donors (Lipinski definition) is 1. The molecule has 1 unspecified atom stereocenters. The highest BCUT2D eigenvalue weighted by Crippen LogP contribution is 2.52. The van der Waals surface area contributed by atoms with E-state index in [4.69, 9.17) is 15.2 Å². The second-order valence-corrected chi connectivity index (χ2v) is 7.94. The van der Waals surface area contributed by atoms with Gasteiger partial charge in [-0.2, -0.15) is 0 Å². The van der Waals surface area contributed by atoms with Gasteiger partial charge in [-0.3, -0.25) is 14.7 Å². The third-order valence-electron chi connectivity index (χ3n) is 6.68. The zero-order chi connectivity index (χ0) is 18.1. The lowest BCUT2D eigenvalue weighted by molar-refractivity contribution is -0.179. The number of pyridine rings is 1. The maximum absolute atomic E-state index is 11.6. The number of nitrogens with zero attached hydrogens (tertiary/aromatic N) is 2. The summed E-state index contributed by atoms with van der Waals surface area (Å²) in [7, 11) is 1.81. The van der Waals surface area contributed by atoms with Crippen molar-refractivity contribution in [3.8, 4) is 0 Å². The topological polar surface area (TPSA) is 77.7 Å². The van der Waals surface area contributed by atoms with E-state index in [9.17, 15) is 4.79 Å². The fourth-order valence-electron chi connectivity index (χ4n) is 5.51. The first-order chi connectivity index (χ1) is 12.6. The second kappa shape index (κ2) is 8.43. The van der Waals surface area contributed by atoms with Gasteiger partial charge in [0.2, 0.25) is 0 Å². The van der Waals surface area contributed by atoms with E-state index in [-0.39, 0.29) is 18.0 Å². The van der Waals surface area contributed by atoms with Crippen molar-refractivity contribution in [3.63, 3.8) is 0 Å². The van der Waals surface area contributed by atoms with Crippen LogP contribution in [0.1, 0.15) is 48.2 Å². The number of hydrogen-bond acceptors (Lipinski definition) is 5. The second-order valence-electron chi connectivity index (χ2n) is 7.94. The first-order valence-corrected chi connectivity index (χ1v) is 9.78. The van der Waals surface area contributed by atoms with Crippen molar-refractivity contribution < 1.29 is 14.3 Å². The molecule has 1 saturated carbocycles. The van der Waals surface area contributed by atoms with Crippen molar-refractivity contribution >= 4 is 18.3 Å². The van der Waals surface area contributed by atoms with Crippen LogP contribution in [0.5, 0.6) is 0 Å². The minimum atomic E-state index is -0.486. The number of amides is 1. The van der Waals surface area contributed by atoms with E-state index in [0.717, 1.165) is 51.1 Å². The maximum atomic E-state index is 11.6. The van der Waals surface area contributed by atoms with Crippen LogP contribution in [0.3, 0.4) is 0 Å². The molecule has 4 rings (SSSR count). The molecule has 4 atom stereocenters. The molecule has 1 aliphatic carbocycles. The molecule has 7 heteroatoms. The molecule has 2 saturated heterocycles. The van der Waals surface area contributed by atoms with Crippen LogP contribution in [0.4, 0.5) is 0 Å². The molecule has 2 aliphatic heterocycles. The van der Waals surface area contributed by atoms with Crippen LogP contribution in [0.2, 0.25) is 0 Å². The van der Waals surface area contributed by atoms with E-state index in [1.54, 1.807) is 6.20 Å². The molecular weight excluding hydrogens is 366 g/mol. The molecule has 27 heavy (non-hydrogen) atoms. The number of rotatable bonds is 4. The van der Waals surface area contributed by atoms with E-state index in [0.29, 0.717) is 23.6 Å². The largest absolute Gasteiger partial charge is 0.380 e. The molecule has 2 N–H and O–H groups in total. The van der Waals surface area contributed by atoms with Crippen molar-refractivity contribution in [1.82, 2.24) is 9.88 Å². The lowest BCUT2D eigenvalue weighted by Crippen LogP contribution is -2.61. The van der Waals surface area contributed by atoms with Crippen molar-refractivity contribution in [3.05, 3.63) is 29.6 Å². The number of primary amides is 1. The summed E-state index contributed by atoms with van der Waals surface area (Å²) in [6.07, 6.45) is 7.58. The maximum Gasteiger partial charge on any atom is 0.267 e. The Balaban J connectivity index is 0.00000210. The van der Waals surface area contributed by atoms with Gasteiger partial charge in [-0.15, -0.1) is 12.4 Å². The Labute approximate surface area is 167 Å². The van der Waals surface area contributed by atoms with E-state index in [1.165, 1.54) is 12.8 Å². The molecule has 0 radical (unpaired) electrons. The number of aromatic nitrogens is 1. The predicted octanol–water partition coefficient (Wildman–Crippen LogP) is 2.35. The van der Waals surface area contributed by atoms with Gasteiger partial charge in [-0.25, -0.2) is 0 Å². The monoisotopic (exact) mass is 395 g/mol. The number of fused-ring (bicyclic) bond motifs is 2. The van der Waals surface area contributed by atoms with Gasteiger partial charge in [0.1, 0.15) is 11.3 Å². The Morgan fingerprint density at radius 1 is 1.30 bits per heavy atom. The summed E-state index contributed by atoms with van der Waals surface area (Å²) in [5, 5.41) is 0. The van der Waals surface area contributed by atoms with Crippen molar-refractivity contribution in [1.29, 1.82) is 0 Å². The van der Waals surface area contributed by atoms with Crippen LogP contribution in [-0.2, 0) is 15.1 Å². The fraction of sp³-hybridized carbons (Fsp3) is 0.700. The van der Waals surface area contributed by atoms with Gasteiger partial charge in [-0.05, 0) is 43.4 Å². The van der Waals surface area contributed by atoms with Crippen molar-refractivity contribution in [2.45, 2.75) is 43.7 Å². The van der Waals surface area contributed by atoms with Gasteiger partial charge in [0.15, 0.2) is 0 Å². The molecule has 1 aromatic heterocycles. The van der Waals surface area contributed by atoms with E-state index in [1.807, 2.05) is 19.2 Å². The number of piperidine rings is 1. The first kappa shape index (κ1) is 20.5. The normalized spacial score (nSPS) is 33.9. The first-order valence-electron chi connectivity index (χ1n) is 9.78. The number of halogens is 1. The van der Waals surface area contributed by atoms with Gasteiger partial charge in [0.05, 0.1) is 6.61 Å². The molecule has 1 amide bonds. The number of ether oxygens (including phenoxy) is 2. The third-order valence-corrected chi connectivity index (χ3v) is 6.68. The van der Waals surface area contributed by atoms with Gasteiger partial charge in [0, 0.05) is 50.9 Å². The van der Waals surface area contributed by atoms with Crippen LogP contribution >= 0.6 is 12.4 Å². The molecule has 1 aromatic rings. The molecule has 2 bridgehead atoms. The Bertz CT molecular complexity index is 652. The summed E-state index contributed by atoms with van der Waals surface area (Å²) in [5.74, 6) is 0.329. The average Bonchev–Trinajstić information content (AvgIpc) is 2.67. The van der Waals surface area contributed by atoms with Gasteiger partial charge in [-0.1, -0.05) is 6.42 Å². The summed E-state index contributed by atoms with van der Waals surface area (Å²) in [4.78, 5) is 18.4. The summed E-state index contributed by atoms with van der Waals surface area (Å²) in [6.45, 7) is 3.78. The lowest BCUT2D eigenvalue weighted by atomic mass is 9.62. The van der Waals surface area contributed by atoms with Crippen molar-refractivity contribution in [2.75, 3.05) is 33.4 Å². The highest BCUT2D eigenvalue weighted by molar-refractivity contribution is 5.90. The average molecular weight is 396 g/mol. The molecular formula is C20H30ClN3O3. The van der Waals surface area contributed by atoms with Crippen LogP contribution in [0, 0.1) is 11.8 Å². The molecule has 0 spiro atoms. The standard InChI is InChI=1S/C20H29N3O3.ClH/c1-25-20(14-7-8-22-18(10-14)19(21)24)15-4-2-5-16(20)12-23(11-15)17-6-3-9-26-13-17;/h7-8,10,15-17H,2-6,9,11-13H2,1H3,(H2,21,24);1H/t15-,16+,17?,20-;. The number of methoxy groups -OCH3 is 1. The van der Waals surface area contributed by atoms with Crippen LogP contribution < -0.4 is 5.73 Å². The Morgan fingerprint density at radius 2 is 2.04 bits per heavy atom. The SMILES string of the molecule is CO[C@]1(c2ccnc(C(N)=O)c2)[C@@H]2CCC[C@H]1CN(C1CCCOC1)C2.Cl. The summed E-state index contributed by atoms with van der Waals surface area (Å²) >= 11 is 0. The van der Waals surface area contributed by atoms with E-state index < -0.39 is 5.91 Å². The Kier molecular flexibility index (Phi) is 6.41. The van der Waals surface area contributed by atoms with Crippen LogP contribution in [0.25, 0.3) is 0 Å². The molecule has 0 aromatic carbocycles. The number of nitrogens with two attached hydrogens (primary N) is 1. The van der Waals surface area contributed by atoms with E-state index in [2.05, 4.69) is 9.88 Å². The number of carbonyl (C=O) groups excluding carboxylic acids is 1. The smallest absolute Gasteiger partial charge is 0.267 e. The summed E-state index contributed by atoms with van der Waals surface area (Å²) in [5.41, 5.74) is 6.49. The molecule has 3 aliphatic rings. The van der Waals surface area contributed by atoms with Gasteiger partial charge < -0.3 is 15.2 Å².